The number of aromatic nitrogens is 8. The molecule has 2 unspecified atom stereocenters. The van der Waals surface area contributed by atoms with Crippen molar-refractivity contribution in [2.75, 3.05) is 24.7 Å². The average molecular weight is 659 g/mol. The largest absolute Gasteiger partial charge is 0.694 e. The lowest BCUT2D eigenvalue weighted by Crippen LogP contribution is -2.40. The molecule has 0 amide bonds. The summed E-state index contributed by atoms with van der Waals surface area (Å²) in [4.78, 5) is 54.8. The monoisotopic (exact) mass is 659 g/mol. The van der Waals surface area contributed by atoms with E-state index in [9.17, 15) is 23.9 Å². The van der Waals surface area contributed by atoms with Crippen LogP contribution < -0.4 is 17.0 Å². The maximum atomic E-state index is 15.9. The van der Waals surface area contributed by atoms with Crippen molar-refractivity contribution in [1.29, 1.82) is 0 Å². The second-order valence-corrected chi connectivity index (χ2v) is 13.1. The van der Waals surface area contributed by atoms with E-state index in [1.54, 1.807) is 0 Å². The molecule has 2 aliphatic heterocycles. The second kappa shape index (κ2) is 11.1. The number of nitrogens with two attached hydrogens (primary N) is 2. The van der Waals surface area contributed by atoms with E-state index in [0.717, 1.165) is 19.6 Å². The highest BCUT2D eigenvalue weighted by Crippen LogP contribution is 2.58. The van der Waals surface area contributed by atoms with Crippen molar-refractivity contribution in [2.24, 2.45) is 0 Å². The third-order valence-corrected chi connectivity index (χ3v) is 9.65. The molecular weight excluding hydrogens is 633 g/mol. The predicted octanol–water partition coefficient (Wildman–Crippen LogP) is -0.365. The van der Waals surface area contributed by atoms with Crippen molar-refractivity contribution in [1.82, 2.24) is 39.0 Å². The van der Waals surface area contributed by atoms with E-state index in [-0.39, 0.29) is 40.5 Å². The molecule has 6 heterocycles. The van der Waals surface area contributed by atoms with Crippen LogP contribution in [0.3, 0.4) is 0 Å². The molecule has 2 saturated heterocycles. The molecule has 0 spiro atoms. The fourth-order valence-electron chi connectivity index (χ4n) is 5.33. The number of rotatable bonds is 9. The number of H-pyrrole nitrogens is 1. The smallest absolute Gasteiger partial charge is 0.387 e. The number of halogens is 1. The van der Waals surface area contributed by atoms with Crippen LogP contribution in [0.5, 0.6) is 0 Å². The predicted molar refractivity (Wildman–Crippen MR) is 146 cm³/mol. The highest BCUT2D eigenvalue weighted by atomic mass is 31.2. The van der Waals surface area contributed by atoms with Gasteiger partial charge >= 0.3 is 15.9 Å². The lowest BCUT2D eigenvalue weighted by Gasteiger charge is -2.26. The molecule has 6 rings (SSSR count). The Labute approximate surface area is 245 Å². The van der Waals surface area contributed by atoms with Crippen molar-refractivity contribution in [3.63, 3.8) is 0 Å². The highest BCUT2D eigenvalue weighted by molar-refractivity contribution is 7.53. The zero-order valence-corrected chi connectivity index (χ0v) is 24.4. The van der Waals surface area contributed by atoms with E-state index in [1.807, 2.05) is 0 Å². The molecule has 0 aliphatic carbocycles. The Bertz CT molecular complexity index is 1850. The first-order chi connectivity index (χ1) is 20.8. The van der Waals surface area contributed by atoms with Crippen molar-refractivity contribution >= 4 is 49.9 Å². The SMILES string of the molecule is C[C@]1(F)[C@H](O)[C@@H](COP(=O)(O)[C@@H]2C[C@@H](CO[P+](=O)O)O[C@H]2n2cnc3c(=O)[nH]c(N)nc32)O[C@H]1n1cnc2c(N)ncnc21. The molecule has 4 aromatic heterocycles. The first kappa shape index (κ1) is 30.5. The van der Waals surface area contributed by atoms with Gasteiger partial charge in [0, 0.05) is 4.57 Å². The quantitative estimate of drug-likeness (QED) is 0.125. The Balaban J connectivity index is 1.25. The van der Waals surface area contributed by atoms with Gasteiger partial charge in [-0.25, -0.2) is 24.3 Å². The van der Waals surface area contributed by atoms with Crippen molar-refractivity contribution in [3.05, 3.63) is 29.3 Å². The molecule has 0 bridgehead atoms. The molecule has 0 saturated carbocycles. The molecule has 23 heteroatoms. The van der Waals surface area contributed by atoms with Gasteiger partial charge in [-0.3, -0.25) is 23.5 Å². The summed E-state index contributed by atoms with van der Waals surface area (Å²) in [6.07, 6.45) is -3.75. The summed E-state index contributed by atoms with van der Waals surface area (Å²) in [5.74, 6) is -0.208. The van der Waals surface area contributed by atoms with Gasteiger partial charge in [0.05, 0.1) is 25.4 Å². The number of nitrogens with zero attached hydrogens (tertiary/aromatic N) is 7. The lowest BCUT2D eigenvalue weighted by molar-refractivity contribution is -0.0553. The Morgan fingerprint density at radius 1 is 1.18 bits per heavy atom. The molecule has 2 fully saturated rings. The van der Waals surface area contributed by atoms with Crippen molar-refractivity contribution in [3.8, 4) is 0 Å². The van der Waals surface area contributed by atoms with Gasteiger partial charge in [0.25, 0.3) is 5.56 Å². The van der Waals surface area contributed by atoms with Gasteiger partial charge in [-0.05, 0) is 13.3 Å². The van der Waals surface area contributed by atoms with E-state index >= 15 is 4.39 Å². The summed E-state index contributed by atoms with van der Waals surface area (Å²) in [5, 5.41) is 10.8. The van der Waals surface area contributed by atoms with Gasteiger partial charge in [0.15, 0.2) is 40.8 Å². The van der Waals surface area contributed by atoms with Crippen LogP contribution >= 0.6 is 15.9 Å². The number of hydrogen-bond acceptors (Lipinski definition) is 15. The van der Waals surface area contributed by atoms with Crippen LogP contribution in [-0.2, 0) is 27.7 Å². The average Bonchev–Trinajstić information content (AvgIpc) is 3.72. The highest BCUT2D eigenvalue weighted by Gasteiger charge is 2.57. The summed E-state index contributed by atoms with van der Waals surface area (Å²) in [7, 11) is -7.75. The number of nitrogen functional groups attached to an aromatic ring is 2. The summed E-state index contributed by atoms with van der Waals surface area (Å²) < 4.78 is 64.9. The Morgan fingerprint density at radius 3 is 2.66 bits per heavy atom. The second-order valence-electron chi connectivity index (χ2n) is 10.3. The topological polar surface area (TPSA) is 291 Å². The molecule has 20 nitrogen and oxygen atoms in total. The summed E-state index contributed by atoms with van der Waals surface area (Å²) in [5.41, 5.74) is 7.12. The van der Waals surface area contributed by atoms with E-state index in [1.165, 1.54) is 15.5 Å². The van der Waals surface area contributed by atoms with Crippen molar-refractivity contribution in [2.45, 2.75) is 55.4 Å². The van der Waals surface area contributed by atoms with E-state index in [2.05, 4.69) is 29.9 Å². The minimum absolute atomic E-state index is 0.0463. The fraction of sp³-hybridized carbons (Fsp3) is 0.524. The maximum absolute atomic E-state index is 15.9. The van der Waals surface area contributed by atoms with Crippen LogP contribution in [0.25, 0.3) is 22.3 Å². The number of nitrogens with one attached hydrogen (secondary N) is 1. The molecule has 0 aromatic carbocycles. The fourth-order valence-corrected chi connectivity index (χ4v) is 7.21. The van der Waals surface area contributed by atoms with Gasteiger partial charge in [0.2, 0.25) is 5.95 Å². The van der Waals surface area contributed by atoms with Crippen LogP contribution in [0.1, 0.15) is 25.8 Å². The first-order valence-corrected chi connectivity index (χ1v) is 15.6. The van der Waals surface area contributed by atoms with Gasteiger partial charge < -0.3 is 35.5 Å². The van der Waals surface area contributed by atoms with E-state index in [4.69, 9.17) is 34.9 Å². The molecule has 44 heavy (non-hydrogen) atoms. The van der Waals surface area contributed by atoms with Crippen LogP contribution in [0.4, 0.5) is 16.2 Å². The van der Waals surface area contributed by atoms with Crippen LogP contribution in [0, 0.1) is 0 Å². The third-order valence-electron chi connectivity index (χ3n) is 7.46. The van der Waals surface area contributed by atoms with Crippen LogP contribution in [-0.4, -0.2) is 96.8 Å². The summed E-state index contributed by atoms with van der Waals surface area (Å²) in [6.45, 7) is -0.0862. The first-order valence-electron chi connectivity index (χ1n) is 12.9. The number of alkyl halides is 1. The minimum Gasteiger partial charge on any atom is -0.387 e. The zero-order chi connectivity index (χ0) is 31.6. The number of aromatic amines is 1. The van der Waals surface area contributed by atoms with Crippen LogP contribution in [0.2, 0.25) is 0 Å². The number of fused-ring (bicyclic) bond motifs is 2. The molecule has 9 atom stereocenters. The molecule has 0 radical (unpaired) electrons. The Kier molecular flexibility index (Phi) is 7.71. The Hall–Kier alpha value is -3.52. The maximum Gasteiger partial charge on any atom is 0.694 e. The Morgan fingerprint density at radius 2 is 1.91 bits per heavy atom. The molecule has 2 aliphatic rings. The lowest BCUT2D eigenvalue weighted by atomic mass is 9.98. The number of anilines is 2. The molecule has 8 N–H and O–H groups in total. The van der Waals surface area contributed by atoms with Crippen LogP contribution in [0.15, 0.2) is 23.8 Å². The van der Waals surface area contributed by atoms with Gasteiger partial charge in [0.1, 0.15) is 36.3 Å². The summed E-state index contributed by atoms with van der Waals surface area (Å²) in [6, 6.07) is 0. The number of aliphatic hydroxyl groups excluding tert-OH is 1. The normalized spacial score (nSPS) is 30.7. The van der Waals surface area contributed by atoms with Crippen molar-refractivity contribution < 1.29 is 46.9 Å². The van der Waals surface area contributed by atoms with E-state index < -0.39 is 76.7 Å². The van der Waals surface area contributed by atoms with Gasteiger partial charge in [-0.2, -0.15) is 4.98 Å². The number of aliphatic hydroxyl groups is 1. The molecule has 4 aromatic rings. The number of ether oxygens (including phenoxy) is 2. The van der Waals surface area contributed by atoms with Gasteiger partial charge in [-0.1, -0.05) is 0 Å². The summed E-state index contributed by atoms with van der Waals surface area (Å²) >= 11 is 0. The molecule has 236 valence electrons. The van der Waals surface area contributed by atoms with Gasteiger partial charge in [-0.15, -0.1) is 9.42 Å². The zero-order valence-electron chi connectivity index (χ0n) is 22.6. The molecular formula is C21H26FN10O10P2+. The number of imidazole rings is 2. The standard InChI is InChI=1S/C21H25FN10O10P2/c1-21(22)13(33)9(42-19(21)32-7-27-11-14(23)25-5-26-15(11)32)4-40-44(37,38)10-2-8(3-39-43(35)36)41-18(10)31-6-28-12-16(31)29-20(24)30-17(12)34/h5-10,13,18-19,33H,2-4H2,1H3,(H6-,23,24,25,26,29,30,34,35,36,37,38)/p+1/t8-,9+,10+,13+,18+,19+,21-/m0/s1. The number of hydrogen-bond donors (Lipinski definition) is 6. The minimum atomic E-state index is -4.75. The van der Waals surface area contributed by atoms with E-state index in [0.29, 0.717) is 0 Å². The third kappa shape index (κ3) is 5.25.